The first-order valence-electron chi connectivity index (χ1n) is 9.58. The number of carbonyl (C=O) groups excluding carboxylic acids is 1. The predicted octanol–water partition coefficient (Wildman–Crippen LogP) is 2.78. The molecule has 1 aliphatic heterocycles. The van der Waals surface area contributed by atoms with Crippen LogP contribution in [-0.2, 0) is 11.3 Å². The lowest BCUT2D eigenvalue weighted by molar-refractivity contribution is -0.133. The maximum atomic E-state index is 13.0. The van der Waals surface area contributed by atoms with Crippen LogP contribution in [0.4, 0.5) is 0 Å². The van der Waals surface area contributed by atoms with Gasteiger partial charge in [0.15, 0.2) is 11.5 Å². The predicted molar refractivity (Wildman–Crippen MR) is 109 cm³/mol. The van der Waals surface area contributed by atoms with E-state index in [0.717, 1.165) is 23.8 Å². The molecule has 0 saturated carbocycles. The molecule has 0 aliphatic carbocycles. The molecule has 29 heavy (non-hydrogen) atoms. The average molecular weight is 393 g/mol. The van der Waals surface area contributed by atoms with E-state index in [2.05, 4.69) is 5.10 Å². The second-order valence-electron chi connectivity index (χ2n) is 7.05. The van der Waals surface area contributed by atoms with Crippen LogP contribution in [0, 0.1) is 0 Å². The summed E-state index contributed by atoms with van der Waals surface area (Å²) >= 11 is 0. The molecule has 1 aliphatic rings. The Morgan fingerprint density at radius 3 is 2.72 bits per heavy atom. The Kier molecular flexibility index (Phi) is 5.20. The van der Waals surface area contributed by atoms with Gasteiger partial charge in [-0.15, -0.1) is 0 Å². The fourth-order valence-electron chi connectivity index (χ4n) is 3.93. The molecule has 1 fully saturated rings. The number of amides is 1. The molecule has 1 saturated heterocycles. The van der Waals surface area contributed by atoms with Crippen LogP contribution in [0.15, 0.2) is 53.5 Å². The fraction of sp³-hybridized carbons (Fsp3) is 0.318. The normalized spacial score (nSPS) is 16.2. The quantitative estimate of drug-likeness (QED) is 0.666. The maximum absolute atomic E-state index is 13.0. The lowest BCUT2D eigenvalue weighted by Gasteiger charge is -2.26. The SMILES string of the molecule is COc1ccc(C2CCCN2C(=O)Cn2ncc3ccccc3c2=O)cc1OC. The zero-order chi connectivity index (χ0) is 20.4. The van der Waals surface area contributed by atoms with Crippen LogP contribution in [0.1, 0.15) is 24.4 Å². The average Bonchev–Trinajstić information content (AvgIpc) is 3.25. The summed E-state index contributed by atoms with van der Waals surface area (Å²) in [7, 11) is 3.19. The Morgan fingerprint density at radius 1 is 1.14 bits per heavy atom. The van der Waals surface area contributed by atoms with Gasteiger partial charge in [-0.3, -0.25) is 9.59 Å². The first-order chi connectivity index (χ1) is 14.1. The number of aromatic nitrogens is 2. The highest BCUT2D eigenvalue weighted by Gasteiger charge is 2.31. The molecule has 2 aromatic carbocycles. The molecule has 1 amide bonds. The van der Waals surface area contributed by atoms with Crippen LogP contribution in [0.5, 0.6) is 11.5 Å². The third-order valence-electron chi connectivity index (χ3n) is 5.41. The van der Waals surface area contributed by atoms with Crippen LogP contribution < -0.4 is 15.0 Å². The molecule has 0 radical (unpaired) electrons. The number of carbonyl (C=O) groups is 1. The van der Waals surface area contributed by atoms with Crippen molar-refractivity contribution in [2.45, 2.75) is 25.4 Å². The molecular formula is C22H23N3O4. The van der Waals surface area contributed by atoms with E-state index in [1.807, 2.05) is 41.3 Å². The number of hydrogen-bond acceptors (Lipinski definition) is 5. The molecule has 4 rings (SSSR count). The minimum absolute atomic E-state index is 0.0570. The number of benzene rings is 2. The second-order valence-corrected chi connectivity index (χ2v) is 7.05. The Hall–Kier alpha value is -3.35. The van der Waals surface area contributed by atoms with E-state index in [4.69, 9.17) is 9.47 Å². The van der Waals surface area contributed by atoms with Gasteiger partial charge >= 0.3 is 0 Å². The summed E-state index contributed by atoms with van der Waals surface area (Å²) < 4.78 is 11.9. The van der Waals surface area contributed by atoms with Gasteiger partial charge in [-0.25, -0.2) is 4.68 Å². The number of nitrogens with zero attached hydrogens (tertiary/aromatic N) is 3. The Labute approximate surface area is 168 Å². The zero-order valence-corrected chi connectivity index (χ0v) is 16.5. The van der Waals surface area contributed by atoms with Crippen LogP contribution >= 0.6 is 0 Å². The van der Waals surface area contributed by atoms with Crippen molar-refractivity contribution in [2.24, 2.45) is 0 Å². The molecule has 7 heteroatoms. The van der Waals surface area contributed by atoms with E-state index in [9.17, 15) is 9.59 Å². The Balaban J connectivity index is 1.59. The van der Waals surface area contributed by atoms with E-state index in [1.54, 1.807) is 26.5 Å². The molecule has 0 bridgehead atoms. The van der Waals surface area contributed by atoms with Crippen molar-refractivity contribution in [1.82, 2.24) is 14.7 Å². The van der Waals surface area contributed by atoms with Crippen molar-refractivity contribution in [3.8, 4) is 11.5 Å². The molecule has 2 heterocycles. The molecule has 1 unspecified atom stereocenters. The smallest absolute Gasteiger partial charge is 0.275 e. The first kappa shape index (κ1) is 19.0. The summed E-state index contributed by atoms with van der Waals surface area (Å²) in [5, 5.41) is 5.52. The summed E-state index contributed by atoms with van der Waals surface area (Å²) in [6.07, 6.45) is 3.39. The first-order valence-corrected chi connectivity index (χ1v) is 9.58. The van der Waals surface area contributed by atoms with Gasteiger partial charge in [-0.05, 0) is 36.6 Å². The summed E-state index contributed by atoms with van der Waals surface area (Å²) in [6.45, 7) is 0.577. The highest BCUT2D eigenvalue weighted by atomic mass is 16.5. The minimum atomic E-state index is -0.252. The standard InChI is InChI=1S/C22H23N3O4/c1-28-19-10-9-15(12-20(19)29-2)18-8-5-11-24(18)21(26)14-25-22(27)17-7-4-3-6-16(17)13-23-25/h3-4,6-7,9-10,12-13,18H,5,8,11,14H2,1-2H3. The van der Waals surface area contributed by atoms with E-state index in [0.29, 0.717) is 23.4 Å². The summed E-state index contributed by atoms with van der Waals surface area (Å²) in [4.78, 5) is 27.5. The topological polar surface area (TPSA) is 73.7 Å². The van der Waals surface area contributed by atoms with Crippen molar-refractivity contribution >= 4 is 16.7 Å². The fourth-order valence-corrected chi connectivity index (χ4v) is 3.93. The van der Waals surface area contributed by atoms with Gasteiger partial charge in [0.1, 0.15) is 6.54 Å². The van der Waals surface area contributed by atoms with E-state index < -0.39 is 0 Å². The lowest BCUT2D eigenvalue weighted by atomic mass is 10.0. The third-order valence-corrected chi connectivity index (χ3v) is 5.41. The molecule has 3 aromatic rings. The summed E-state index contributed by atoms with van der Waals surface area (Å²) in [5.41, 5.74) is 0.741. The third kappa shape index (κ3) is 3.55. The van der Waals surface area contributed by atoms with Crippen molar-refractivity contribution in [3.63, 3.8) is 0 Å². The van der Waals surface area contributed by atoms with Crippen LogP contribution in [0.25, 0.3) is 10.8 Å². The number of fused-ring (bicyclic) bond motifs is 1. The van der Waals surface area contributed by atoms with Crippen LogP contribution in [0.3, 0.4) is 0 Å². The van der Waals surface area contributed by atoms with E-state index in [1.165, 1.54) is 4.68 Å². The maximum Gasteiger partial charge on any atom is 0.275 e. The number of hydrogen-bond donors (Lipinski definition) is 0. The van der Waals surface area contributed by atoms with Gasteiger partial charge in [-0.1, -0.05) is 24.3 Å². The second kappa shape index (κ2) is 7.95. The van der Waals surface area contributed by atoms with E-state index in [-0.39, 0.29) is 24.1 Å². The number of likely N-dealkylation sites (tertiary alicyclic amines) is 1. The number of ether oxygens (including phenoxy) is 2. The van der Waals surface area contributed by atoms with Gasteiger partial charge in [0.2, 0.25) is 5.91 Å². The van der Waals surface area contributed by atoms with E-state index >= 15 is 0 Å². The lowest BCUT2D eigenvalue weighted by Crippen LogP contribution is -2.37. The molecule has 0 spiro atoms. The molecule has 1 aromatic heterocycles. The monoisotopic (exact) mass is 393 g/mol. The van der Waals surface area contributed by atoms with Gasteiger partial charge in [0.05, 0.1) is 31.8 Å². The van der Waals surface area contributed by atoms with Gasteiger partial charge in [0.25, 0.3) is 5.56 Å². The Morgan fingerprint density at radius 2 is 1.93 bits per heavy atom. The van der Waals surface area contributed by atoms with Crippen molar-refractivity contribution < 1.29 is 14.3 Å². The van der Waals surface area contributed by atoms with Gasteiger partial charge < -0.3 is 14.4 Å². The molecular weight excluding hydrogens is 370 g/mol. The molecule has 1 atom stereocenters. The minimum Gasteiger partial charge on any atom is -0.493 e. The molecule has 7 nitrogen and oxygen atoms in total. The summed E-state index contributed by atoms with van der Waals surface area (Å²) in [5.74, 6) is 1.17. The number of methoxy groups -OCH3 is 2. The highest BCUT2D eigenvalue weighted by molar-refractivity contribution is 5.81. The highest BCUT2D eigenvalue weighted by Crippen LogP contribution is 2.36. The van der Waals surface area contributed by atoms with Crippen molar-refractivity contribution in [3.05, 3.63) is 64.6 Å². The molecule has 0 N–H and O–H groups in total. The van der Waals surface area contributed by atoms with Crippen molar-refractivity contribution in [1.29, 1.82) is 0 Å². The van der Waals surface area contributed by atoms with Gasteiger partial charge in [0, 0.05) is 11.9 Å². The van der Waals surface area contributed by atoms with Crippen LogP contribution in [-0.4, -0.2) is 41.4 Å². The number of rotatable bonds is 5. The van der Waals surface area contributed by atoms with Gasteiger partial charge in [-0.2, -0.15) is 5.10 Å². The Bertz CT molecular complexity index is 1110. The van der Waals surface area contributed by atoms with Crippen molar-refractivity contribution in [2.75, 3.05) is 20.8 Å². The molecule has 150 valence electrons. The zero-order valence-electron chi connectivity index (χ0n) is 16.5. The largest absolute Gasteiger partial charge is 0.493 e. The summed E-state index contributed by atoms with van der Waals surface area (Å²) in [6, 6.07) is 12.9. The van der Waals surface area contributed by atoms with Crippen LogP contribution in [0.2, 0.25) is 0 Å².